The summed E-state index contributed by atoms with van der Waals surface area (Å²) in [6, 6.07) is 7.35. The molecule has 1 aromatic rings. The van der Waals surface area contributed by atoms with Gasteiger partial charge in [-0.15, -0.1) is 0 Å². The van der Waals surface area contributed by atoms with E-state index in [1.807, 2.05) is 25.1 Å². The Labute approximate surface area is 129 Å². The average molecular weight is 307 g/mol. The molecular formula is C16H21NO5. The molecule has 0 amide bonds. The van der Waals surface area contributed by atoms with E-state index in [0.29, 0.717) is 18.8 Å². The van der Waals surface area contributed by atoms with Crippen LogP contribution in [0.4, 0.5) is 0 Å². The van der Waals surface area contributed by atoms with Crippen LogP contribution < -0.4 is 4.74 Å². The van der Waals surface area contributed by atoms with Crippen molar-refractivity contribution in [1.82, 2.24) is 0 Å². The largest absolute Gasteiger partial charge is 0.489 e. The summed E-state index contributed by atoms with van der Waals surface area (Å²) < 4.78 is 10.9. The molecule has 6 nitrogen and oxygen atoms in total. The summed E-state index contributed by atoms with van der Waals surface area (Å²) in [5.74, 6) is -0.0207. The zero-order chi connectivity index (χ0) is 16.1. The van der Waals surface area contributed by atoms with Gasteiger partial charge in [-0.3, -0.25) is 14.9 Å². The lowest BCUT2D eigenvalue weighted by atomic mass is 9.77. The molecule has 0 saturated heterocycles. The van der Waals surface area contributed by atoms with Crippen molar-refractivity contribution in [2.75, 3.05) is 13.2 Å². The molecule has 0 aliphatic carbocycles. The number of fused-ring (bicyclic) bond motifs is 1. The minimum atomic E-state index is -0.385. The molecule has 22 heavy (non-hydrogen) atoms. The van der Waals surface area contributed by atoms with E-state index in [4.69, 9.17) is 9.47 Å². The zero-order valence-corrected chi connectivity index (χ0v) is 12.9. The highest BCUT2D eigenvalue weighted by molar-refractivity contribution is 5.70. The van der Waals surface area contributed by atoms with Crippen molar-refractivity contribution in [2.45, 2.75) is 38.7 Å². The second kappa shape index (κ2) is 7.24. The highest BCUT2D eigenvalue weighted by Gasteiger charge is 2.40. The van der Waals surface area contributed by atoms with Gasteiger partial charge in [-0.05, 0) is 19.4 Å². The Morgan fingerprint density at radius 1 is 1.36 bits per heavy atom. The van der Waals surface area contributed by atoms with E-state index in [1.165, 1.54) is 0 Å². The maximum Gasteiger partial charge on any atom is 0.309 e. The third-order valence-corrected chi connectivity index (χ3v) is 4.08. The number of esters is 1. The summed E-state index contributed by atoms with van der Waals surface area (Å²) in [7, 11) is 0. The van der Waals surface area contributed by atoms with Gasteiger partial charge in [-0.2, -0.15) is 0 Å². The van der Waals surface area contributed by atoms with Crippen LogP contribution in [-0.2, 0) is 9.53 Å². The van der Waals surface area contributed by atoms with Crippen LogP contribution in [0, 0.1) is 16.0 Å². The van der Waals surface area contributed by atoms with Crippen molar-refractivity contribution in [3.05, 3.63) is 39.9 Å². The molecule has 0 aromatic heterocycles. The van der Waals surface area contributed by atoms with Gasteiger partial charge in [0.05, 0.1) is 18.9 Å². The van der Waals surface area contributed by atoms with Crippen molar-refractivity contribution >= 4 is 5.97 Å². The number of benzene rings is 1. The van der Waals surface area contributed by atoms with Gasteiger partial charge in [0.1, 0.15) is 11.9 Å². The Hall–Kier alpha value is -2.11. The second-order valence-corrected chi connectivity index (χ2v) is 5.40. The molecule has 0 saturated carbocycles. The van der Waals surface area contributed by atoms with Gasteiger partial charge in [-0.25, -0.2) is 0 Å². The molecule has 0 unspecified atom stereocenters. The van der Waals surface area contributed by atoms with E-state index < -0.39 is 0 Å². The number of para-hydroxylation sites is 1. The summed E-state index contributed by atoms with van der Waals surface area (Å²) in [5, 5.41) is 11.0. The molecular weight excluding hydrogens is 286 g/mol. The van der Waals surface area contributed by atoms with E-state index >= 15 is 0 Å². The van der Waals surface area contributed by atoms with Crippen molar-refractivity contribution < 1.29 is 19.2 Å². The van der Waals surface area contributed by atoms with Crippen molar-refractivity contribution in [1.29, 1.82) is 0 Å². The van der Waals surface area contributed by atoms with Crippen LogP contribution in [0.1, 0.15) is 38.2 Å². The van der Waals surface area contributed by atoms with Crippen molar-refractivity contribution in [3.8, 4) is 5.75 Å². The van der Waals surface area contributed by atoms with E-state index in [2.05, 4.69) is 0 Å². The number of hydrogen-bond donors (Lipinski definition) is 0. The molecule has 0 fully saturated rings. The highest BCUT2D eigenvalue weighted by atomic mass is 16.6. The molecule has 1 aromatic carbocycles. The van der Waals surface area contributed by atoms with E-state index in [0.717, 1.165) is 5.56 Å². The van der Waals surface area contributed by atoms with Crippen LogP contribution >= 0.6 is 0 Å². The van der Waals surface area contributed by atoms with Crippen molar-refractivity contribution in [2.24, 2.45) is 5.92 Å². The zero-order valence-electron chi connectivity index (χ0n) is 12.9. The number of carbonyl (C=O) groups excluding carboxylic acids is 1. The van der Waals surface area contributed by atoms with Gasteiger partial charge < -0.3 is 9.47 Å². The van der Waals surface area contributed by atoms with Gasteiger partial charge in [0, 0.05) is 16.4 Å². The standard InChI is InChI=1S/C16H21NO5/c1-3-11-13(10-17(19)20)12-7-5-6-8-14(12)22-15(11)9-16(18)21-4-2/h5-8,11,13,15H,3-4,9-10H2,1-2H3/t11-,13+,15+/m1/s1. The van der Waals surface area contributed by atoms with Gasteiger partial charge in [-0.1, -0.05) is 25.1 Å². The van der Waals surface area contributed by atoms with Gasteiger partial charge in [0.15, 0.2) is 0 Å². The molecule has 1 heterocycles. The number of nitro groups is 1. The molecule has 0 N–H and O–H groups in total. The monoisotopic (exact) mass is 307 g/mol. The van der Waals surface area contributed by atoms with Crippen LogP contribution in [0.25, 0.3) is 0 Å². The molecule has 120 valence electrons. The quantitative estimate of drug-likeness (QED) is 0.459. The normalized spacial score (nSPS) is 23.3. The van der Waals surface area contributed by atoms with Crippen LogP contribution in [0.3, 0.4) is 0 Å². The van der Waals surface area contributed by atoms with Crippen LogP contribution in [0.15, 0.2) is 24.3 Å². The van der Waals surface area contributed by atoms with Crippen LogP contribution in [0.5, 0.6) is 5.75 Å². The molecule has 2 rings (SSSR count). The number of hydrogen-bond acceptors (Lipinski definition) is 5. The number of ether oxygens (including phenoxy) is 2. The third-order valence-electron chi connectivity index (χ3n) is 4.08. The first kappa shape index (κ1) is 16.3. The molecule has 1 aliphatic rings. The van der Waals surface area contributed by atoms with Gasteiger partial charge in [0.25, 0.3) is 0 Å². The summed E-state index contributed by atoms with van der Waals surface area (Å²) >= 11 is 0. The first-order valence-corrected chi connectivity index (χ1v) is 7.59. The Morgan fingerprint density at radius 3 is 2.73 bits per heavy atom. The Morgan fingerprint density at radius 2 is 2.09 bits per heavy atom. The number of rotatable bonds is 6. The Bertz CT molecular complexity index is 545. The average Bonchev–Trinajstić information content (AvgIpc) is 2.47. The first-order valence-electron chi connectivity index (χ1n) is 7.59. The minimum absolute atomic E-state index is 0.0790. The van der Waals surface area contributed by atoms with Gasteiger partial charge >= 0.3 is 5.97 Å². The Kier molecular flexibility index (Phi) is 5.35. The lowest BCUT2D eigenvalue weighted by Gasteiger charge is -2.37. The summed E-state index contributed by atoms with van der Waals surface area (Å²) in [6.07, 6.45) is 0.440. The minimum Gasteiger partial charge on any atom is -0.489 e. The predicted octanol–water partition coefficient (Wildman–Crippen LogP) is 2.79. The maximum absolute atomic E-state index is 11.8. The van der Waals surface area contributed by atoms with E-state index in [1.54, 1.807) is 13.0 Å². The fraction of sp³-hybridized carbons (Fsp3) is 0.562. The van der Waals surface area contributed by atoms with Crippen molar-refractivity contribution in [3.63, 3.8) is 0 Å². The summed E-state index contributed by atoms with van der Waals surface area (Å²) in [5.41, 5.74) is 0.853. The lowest BCUT2D eigenvalue weighted by molar-refractivity contribution is -0.485. The third kappa shape index (κ3) is 3.55. The smallest absolute Gasteiger partial charge is 0.309 e. The SMILES string of the molecule is CCOC(=O)C[C@@H]1Oc2ccccc2[C@@H](C[N+](=O)[O-])[C@H]1CC. The molecule has 0 spiro atoms. The number of nitrogens with zero attached hydrogens (tertiary/aromatic N) is 1. The predicted molar refractivity (Wildman–Crippen MR) is 80.5 cm³/mol. The molecule has 0 radical (unpaired) electrons. The van der Waals surface area contributed by atoms with E-state index in [-0.39, 0.29) is 41.8 Å². The molecule has 0 bridgehead atoms. The first-order chi connectivity index (χ1) is 10.6. The molecule has 3 atom stereocenters. The topological polar surface area (TPSA) is 78.7 Å². The second-order valence-electron chi connectivity index (χ2n) is 5.40. The Balaban J connectivity index is 2.29. The van der Waals surface area contributed by atoms with Crippen LogP contribution in [0.2, 0.25) is 0 Å². The molecule has 1 aliphatic heterocycles. The fourth-order valence-electron chi connectivity index (χ4n) is 3.15. The lowest BCUT2D eigenvalue weighted by Crippen LogP contribution is -2.40. The highest BCUT2D eigenvalue weighted by Crippen LogP contribution is 2.42. The summed E-state index contributed by atoms with van der Waals surface area (Å²) in [4.78, 5) is 22.5. The fourth-order valence-corrected chi connectivity index (χ4v) is 3.15. The summed E-state index contributed by atoms with van der Waals surface area (Å²) in [6.45, 7) is 3.88. The van der Waals surface area contributed by atoms with Gasteiger partial charge in [0.2, 0.25) is 6.54 Å². The van der Waals surface area contributed by atoms with Crippen LogP contribution in [-0.4, -0.2) is 30.1 Å². The maximum atomic E-state index is 11.8. The van der Waals surface area contributed by atoms with E-state index in [9.17, 15) is 14.9 Å². The molecule has 6 heteroatoms. The number of carbonyl (C=O) groups is 1.